The van der Waals surface area contributed by atoms with Crippen molar-refractivity contribution in [1.29, 1.82) is 0 Å². The fourth-order valence-corrected chi connectivity index (χ4v) is 4.57. The number of hydrogen-bond acceptors (Lipinski definition) is 4. The second kappa shape index (κ2) is 6.10. The number of hydrogen-bond donors (Lipinski definition) is 1. The highest BCUT2D eigenvalue weighted by Gasteiger charge is 2.59. The first kappa shape index (κ1) is 17.1. The summed E-state index contributed by atoms with van der Waals surface area (Å²) in [5, 5.41) is 8.29. The van der Waals surface area contributed by atoms with E-state index >= 15 is 0 Å². The first-order chi connectivity index (χ1) is 14.7. The number of carbonyl (C=O) groups excluding carboxylic acids is 1. The fraction of sp³-hybridized carbons (Fsp3) is 0.167. The molecule has 1 aliphatic carbocycles. The molecule has 1 N–H and O–H groups in total. The van der Waals surface area contributed by atoms with Gasteiger partial charge in [0.2, 0.25) is 5.91 Å². The lowest BCUT2D eigenvalue weighted by Crippen LogP contribution is -2.28. The molecule has 0 bridgehead atoms. The quantitative estimate of drug-likeness (QED) is 0.576. The van der Waals surface area contributed by atoms with E-state index in [9.17, 15) is 9.59 Å². The molecule has 6 heteroatoms. The lowest BCUT2D eigenvalue weighted by molar-refractivity contribution is -0.119. The fourth-order valence-electron chi connectivity index (χ4n) is 4.57. The van der Waals surface area contributed by atoms with Crippen LogP contribution >= 0.6 is 0 Å². The molecule has 1 fully saturated rings. The molecule has 1 spiro atoms. The summed E-state index contributed by atoms with van der Waals surface area (Å²) in [6.07, 6.45) is 5.83. The van der Waals surface area contributed by atoms with Gasteiger partial charge in [0, 0.05) is 18.0 Å². The molecule has 1 aliphatic heterocycles. The van der Waals surface area contributed by atoms with E-state index in [1.165, 1.54) is 0 Å². The molecule has 146 valence electrons. The first-order valence-electron chi connectivity index (χ1n) is 10.0. The number of pyridine rings is 1. The Morgan fingerprint density at radius 1 is 0.967 bits per heavy atom. The summed E-state index contributed by atoms with van der Waals surface area (Å²) in [7, 11) is 0. The van der Waals surface area contributed by atoms with Crippen LogP contribution in [0.5, 0.6) is 0 Å². The Morgan fingerprint density at radius 3 is 2.57 bits per heavy atom. The molecule has 4 aromatic rings. The average molecular weight is 394 g/mol. The van der Waals surface area contributed by atoms with E-state index in [-0.39, 0.29) is 16.9 Å². The van der Waals surface area contributed by atoms with Gasteiger partial charge in [-0.2, -0.15) is 5.10 Å². The predicted molar refractivity (Wildman–Crippen MR) is 114 cm³/mol. The zero-order valence-electron chi connectivity index (χ0n) is 16.1. The van der Waals surface area contributed by atoms with Crippen molar-refractivity contribution < 1.29 is 4.79 Å². The minimum atomic E-state index is -0.344. The monoisotopic (exact) mass is 394 g/mol. The van der Waals surface area contributed by atoms with E-state index < -0.39 is 0 Å². The van der Waals surface area contributed by atoms with Gasteiger partial charge in [-0.3, -0.25) is 19.5 Å². The maximum absolute atomic E-state index is 13.3. The number of fused-ring (bicyclic) bond motifs is 3. The van der Waals surface area contributed by atoms with Gasteiger partial charge in [-0.15, -0.1) is 0 Å². The molecule has 6 rings (SSSR count). The van der Waals surface area contributed by atoms with Crippen LogP contribution in [0.15, 0.2) is 71.8 Å². The first-order valence-corrected chi connectivity index (χ1v) is 10.0. The van der Waals surface area contributed by atoms with Gasteiger partial charge in [-0.1, -0.05) is 36.4 Å². The number of amides is 1. The van der Waals surface area contributed by atoms with Gasteiger partial charge in [-0.25, -0.2) is 5.10 Å². The van der Waals surface area contributed by atoms with Crippen molar-refractivity contribution in [3.63, 3.8) is 0 Å². The number of aromatic nitrogens is 3. The Labute approximate surface area is 172 Å². The molecule has 3 heterocycles. The average Bonchev–Trinajstić information content (AvgIpc) is 3.54. The Hall–Kier alpha value is -3.80. The molecular formula is C24H18N4O2. The Morgan fingerprint density at radius 2 is 1.73 bits per heavy atom. The lowest BCUT2D eigenvalue weighted by atomic mass is 9.98. The van der Waals surface area contributed by atoms with Crippen LogP contribution in [-0.4, -0.2) is 21.1 Å². The summed E-state index contributed by atoms with van der Waals surface area (Å²) in [5.41, 5.74) is 4.00. The minimum Gasteiger partial charge on any atom is -0.278 e. The van der Waals surface area contributed by atoms with Crippen LogP contribution in [0.2, 0.25) is 0 Å². The number of nitrogens with one attached hydrogen (secondary N) is 1. The van der Waals surface area contributed by atoms with Crippen molar-refractivity contribution in [2.75, 3.05) is 4.90 Å². The molecular weight excluding hydrogens is 376 g/mol. The largest absolute Gasteiger partial charge is 0.278 e. The molecule has 2 aromatic heterocycles. The standard InChI is InChI=1S/C24H18N4O2/c29-22-18-6-2-1-5-17(18)20(26-27-22)12-15-11-16(14-25-13-15)28-21-8-4-3-7-19(21)24(9-10-24)23(28)30/h1-8,11,13-14H,9-10,12H2,(H,27,29). The third-order valence-electron chi connectivity index (χ3n) is 6.21. The number of aromatic amines is 1. The molecule has 0 radical (unpaired) electrons. The Bertz CT molecular complexity index is 1390. The Balaban J connectivity index is 1.41. The van der Waals surface area contributed by atoms with Crippen LogP contribution in [-0.2, 0) is 16.6 Å². The number of H-pyrrole nitrogens is 1. The second-order valence-electron chi connectivity index (χ2n) is 8.01. The van der Waals surface area contributed by atoms with Gasteiger partial charge in [0.25, 0.3) is 5.56 Å². The van der Waals surface area contributed by atoms with Gasteiger partial charge >= 0.3 is 0 Å². The van der Waals surface area contributed by atoms with Crippen molar-refractivity contribution in [3.8, 4) is 0 Å². The van der Waals surface area contributed by atoms with E-state index in [2.05, 4.69) is 21.2 Å². The second-order valence-corrected chi connectivity index (χ2v) is 8.01. The van der Waals surface area contributed by atoms with Crippen LogP contribution in [0.25, 0.3) is 10.8 Å². The number of benzene rings is 2. The predicted octanol–water partition coefficient (Wildman–Crippen LogP) is 3.62. The third kappa shape index (κ3) is 2.37. The number of anilines is 2. The van der Waals surface area contributed by atoms with Crippen LogP contribution in [0.4, 0.5) is 11.4 Å². The number of carbonyl (C=O) groups is 1. The SMILES string of the molecule is O=C1N(c2cncc(Cc3n[nH]c(=O)c4ccccc34)c2)c2ccccc2C12CC2. The van der Waals surface area contributed by atoms with Crippen LogP contribution in [0.1, 0.15) is 29.7 Å². The van der Waals surface area contributed by atoms with E-state index in [4.69, 9.17) is 0 Å². The van der Waals surface area contributed by atoms with Crippen LogP contribution in [0, 0.1) is 0 Å². The molecule has 0 unspecified atom stereocenters. The maximum atomic E-state index is 13.3. The van der Waals surface area contributed by atoms with Gasteiger partial charge in [-0.05, 0) is 42.2 Å². The highest BCUT2D eigenvalue weighted by Crippen LogP contribution is 2.58. The van der Waals surface area contributed by atoms with Crippen molar-refractivity contribution in [2.45, 2.75) is 24.7 Å². The van der Waals surface area contributed by atoms with E-state index in [1.807, 2.05) is 42.5 Å². The molecule has 0 saturated heterocycles. The summed E-state index contributed by atoms with van der Waals surface area (Å²) < 4.78 is 0. The zero-order chi connectivity index (χ0) is 20.3. The topological polar surface area (TPSA) is 79.0 Å². The molecule has 30 heavy (non-hydrogen) atoms. The van der Waals surface area contributed by atoms with Gasteiger partial charge < -0.3 is 0 Å². The minimum absolute atomic E-state index is 0.135. The van der Waals surface area contributed by atoms with Crippen LogP contribution in [0.3, 0.4) is 0 Å². The highest BCUT2D eigenvalue weighted by atomic mass is 16.2. The maximum Gasteiger partial charge on any atom is 0.272 e. The zero-order valence-corrected chi connectivity index (χ0v) is 16.1. The van der Waals surface area contributed by atoms with Crippen molar-refractivity contribution >= 4 is 28.1 Å². The smallest absolute Gasteiger partial charge is 0.272 e. The highest BCUT2D eigenvalue weighted by molar-refractivity contribution is 6.14. The lowest BCUT2D eigenvalue weighted by Gasteiger charge is -2.18. The van der Waals surface area contributed by atoms with Crippen LogP contribution < -0.4 is 10.5 Å². The third-order valence-corrected chi connectivity index (χ3v) is 6.21. The Kier molecular flexibility index (Phi) is 3.47. The summed E-state index contributed by atoms with van der Waals surface area (Å²) in [5.74, 6) is 0.135. The van der Waals surface area contributed by atoms with Gasteiger partial charge in [0.05, 0.1) is 34.1 Å². The molecule has 0 atom stereocenters. The van der Waals surface area contributed by atoms with E-state index in [1.54, 1.807) is 23.4 Å². The molecule has 2 aliphatic rings. The van der Waals surface area contributed by atoms with Crippen molar-refractivity contribution in [2.24, 2.45) is 0 Å². The number of rotatable bonds is 3. The van der Waals surface area contributed by atoms with E-state index in [0.29, 0.717) is 11.8 Å². The molecule has 2 aromatic carbocycles. The molecule has 6 nitrogen and oxygen atoms in total. The molecule has 1 saturated carbocycles. The van der Waals surface area contributed by atoms with Crippen molar-refractivity contribution in [3.05, 3.63) is 94.2 Å². The van der Waals surface area contributed by atoms with Crippen molar-refractivity contribution in [1.82, 2.24) is 15.2 Å². The number of nitrogens with zero attached hydrogens (tertiary/aromatic N) is 3. The van der Waals surface area contributed by atoms with Gasteiger partial charge in [0.15, 0.2) is 0 Å². The van der Waals surface area contributed by atoms with Gasteiger partial charge in [0.1, 0.15) is 0 Å². The number of para-hydroxylation sites is 1. The normalized spacial score (nSPS) is 16.3. The summed E-state index contributed by atoms with van der Waals surface area (Å²) in [6, 6.07) is 17.5. The summed E-state index contributed by atoms with van der Waals surface area (Å²) in [4.78, 5) is 31.5. The summed E-state index contributed by atoms with van der Waals surface area (Å²) >= 11 is 0. The molecule has 1 amide bonds. The summed E-state index contributed by atoms with van der Waals surface area (Å²) in [6.45, 7) is 0. The van der Waals surface area contributed by atoms with E-state index in [0.717, 1.165) is 46.4 Å².